The van der Waals surface area contributed by atoms with Crippen molar-refractivity contribution < 1.29 is 4.79 Å². The van der Waals surface area contributed by atoms with Crippen molar-refractivity contribution in [2.45, 2.75) is 40.3 Å². The Bertz CT molecular complexity index is 409. The molecule has 0 aromatic heterocycles. The zero-order chi connectivity index (χ0) is 11.7. The highest BCUT2D eigenvalue weighted by atomic mass is 16.2. The van der Waals surface area contributed by atoms with E-state index in [0.29, 0.717) is 0 Å². The molecule has 0 saturated carbocycles. The van der Waals surface area contributed by atoms with Gasteiger partial charge in [0.05, 0.1) is 0 Å². The molecule has 86 valence electrons. The average Bonchev–Trinajstić information content (AvgIpc) is 2.69. The standard InChI is InChI=1S/C14H19NO/c1-4-11-5-6-12-8-15(9-13(12)7-11)14(16)10(2)3/h5-7,10H,4,8-9H2,1-3H3. The SMILES string of the molecule is CCc1ccc2c(c1)CN(C(=O)C(C)C)C2. The van der Waals surface area contributed by atoms with Crippen LogP contribution in [-0.2, 0) is 24.3 Å². The fourth-order valence-electron chi connectivity index (χ4n) is 2.19. The van der Waals surface area contributed by atoms with Crippen molar-refractivity contribution in [3.8, 4) is 0 Å². The van der Waals surface area contributed by atoms with Crippen molar-refractivity contribution in [1.29, 1.82) is 0 Å². The molecule has 1 aromatic rings. The van der Waals surface area contributed by atoms with E-state index >= 15 is 0 Å². The van der Waals surface area contributed by atoms with Gasteiger partial charge in [0.15, 0.2) is 0 Å². The molecule has 2 heteroatoms. The molecule has 16 heavy (non-hydrogen) atoms. The predicted octanol–water partition coefficient (Wildman–Crippen LogP) is 2.75. The Morgan fingerprint density at radius 3 is 2.62 bits per heavy atom. The van der Waals surface area contributed by atoms with E-state index in [1.165, 1.54) is 16.7 Å². The molecule has 0 atom stereocenters. The molecule has 1 amide bonds. The summed E-state index contributed by atoms with van der Waals surface area (Å²) >= 11 is 0. The van der Waals surface area contributed by atoms with E-state index in [0.717, 1.165) is 19.5 Å². The molecule has 2 rings (SSSR count). The second kappa shape index (κ2) is 4.28. The smallest absolute Gasteiger partial charge is 0.225 e. The number of benzene rings is 1. The monoisotopic (exact) mass is 217 g/mol. The summed E-state index contributed by atoms with van der Waals surface area (Å²) in [4.78, 5) is 13.8. The summed E-state index contributed by atoms with van der Waals surface area (Å²) in [5, 5.41) is 0. The first kappa shape index (κ1) is 11.2. The van der Waals surface area contributed by atoms with E-state index in [-0.39, 0.29) is 11.8 Å². The number of hydrogen-bond donors (Lipinski definition) is 0. The summed E-state index contributed by atoms with van der Waals surface area (Å²) in [7, 11) is 0. The molecular formula is C14H19NO. The topological polar surface area (TPSA) is 20.3 Å². The van der Waals surface area contributed by atoms with Gasteiger partial charge in [-0.3, -0.25) is 4.79 Å². The molecule has 0 bridgehead atoms. The normalized spacial score (nSPS) is 14.4. The van der Waals surface area contributed by atoms with Gasteiger partial charge in [-0.1, -0.05) is 39.0 Å². The number of amides is 1. The molecule has 0 radical (unpaired) electrons. The Morgan fingerprint density at radius 1 is 1.31 bits per heavy atom. The number of nitrogens with zero attached hydrogens (tertiary/aromatic N) is 1. The van der Waals surface area contributed by atoms with Crippen LogP contribution in [0, 0.1) is 5.92 Å². The Morgan fingerprint density at radius 2 is 2.00 bits per heavy atom. The van der Waals surface area contributed by atoms with Gasteiger partial charge in [0.2, 0.25) is 5.91 Å². The second-order valence-electron chi connectivity index (χ2n) is 4.81. The van der Waals surface area contributed by atoms with E-state index in [1.807, 2.05) is 18.7 Å². The van der Waals surface area contributed by atoms with Crippen molar-refractivity contribution in [2.24, 2.45) is 5.92 Å². The Kier molecular flexibility index (Phi) is 2.99. The summed E-state index contributed by atoms with van der Waals surface area (Å²) in [6.07, 6.45) is 1.06. The van der Waals surface area contributed by atoms with Gasteiger partial charge >= 0.3 is 0 Å². The van der Waals surface area contributed by atoms with E-state index in [9.17, 15) is 4.79 Å². The van der Waals surface area contributed by atoms with Crippen LogP contribution >= 0.6 is 0 Å². The summed E-state index contributed by atoms with van der Waals surface area (Å²) in [6, 6.07) is 6.58. The van der Waals surface area contributed by atoms with Gasteiger partial charge in [-0.2, -0.15) is 0 Å². The molecule has 1 aliphatic rings. The summed E-state index contributed by atoms with van der Waals surface area (Å²) in [5.74, 6) is 0.356. The highest BCUT2D eigenvalue weighted by molar-refractivity contribution is 5.78. The van der Waals surface area contributed by atoms with Crippen molar-refractivity contribution in [1.82, 2.24) is 4.90 Å². The highest BCUT2D eigenvalue weighted by Crippen LogP contribution is 2.25. The number of hydrogen-bond acceptors (Lipinski definition) is 1. The molecule has 1 aromatic carbocycles. The lowest BCUT2D eigenvalue weighted by atomic mass is 10.1. The zero-order valence-electron chi connectivity index (χ0n) is 10.3. The molecular weight excluding hydrogens is 198 g/mol. The Labute approximate surface area is 97.3 Å². The molecule has 0 spiro atoms. The largest absolute Gasteiger partial charge is 0.334 e. The van der Waals surface area contributed by atoms with Crippen molar-refractivity contribution in [3.63, 3.8) is 0 Å². The first-order valence-corrected chi connectivity index (χ1v) is 6.01. The number of carbonyl (C=O) groups excluding carboxylic acids is 1. The first-order valence-electron chi connectivity index (χ1n) is 6.01. The van der Waals surface area contributed by atoms with Crippen LogP contribution in [0.3, 0.4) is 0 Å². The first-order chi connectivity index (χ1) is 7.61. The van der Waals surface area contributed by atoms with Crippen LogP contribution in [0.2, 0.25) is 0 Å². The minimum Gasteiger partial charge on any atom is -0.334 e. The number of carbonyl (C=O) groups is 1. The van der Waals surface area contributed by atoms with Crippen LogP contribution in [0.4, 0.5) is 0 Å². The number of aryl methyl sites for hydroxylation is 1. The quantitative estimate of drug-likeness (QED) is 0.746. The molecule has 0 N–H and O–H groups in total. The minimum absolute atomic E-state index is 0.0972. The maximum atomic E-state index is 11.9. The van der Waals surface area contributed by atoms with Gasteiger partial charge in [0, 0.05) is 19.0 Å². The van der Waals surface area contributed by atoms with Crippen LogP contribution in [0.25, 0.3) is 0 Å². The lowest BCUT2D eigenvalue weighted by Gasteiger charge is -2.17. The maximum absolute atomic E-state index is 11.9. The second-order valence-corrected chi connectivity index (χ2v) is 4.81. The Balaban J connectivity index is 2.18. The average molecular weight is 217 g/mol. The van der Waals surface area contributed by atoms with Gasteiger partial charge < -0.3 is 4.90 Å². The van der Waals surface area contributed by atoms with Gasteiger partial charge in [-0.05, 0) is 23.1 Å². The van der Waals surface area contributed by atoms with Crippen LogP contribution < -0.4 is 0 Å². The van der Waals surface area contributed by atoms with Crippen molar-refractivity contribution in [3.05, 3.63) is 34.9 Å². The van der Waals surface area contributed by atoms with Crippen molar-refractivity contribution in [2.75, 3.05) is 0 Å². The molecule has 0 unspecified atom stereocenters. The van der Waals surface area contributed by atoms with E-state index in [1.54, 1.807) is 0 Å². The molecule has 1 aliphatic heterocycles. The molecule has 0 aliphatic carbocycles. The number of fused-ring (bicyclic) bond motifs is 1. The summed E-state index contributed by atoms with van der Waals surface area (Å²) in [5.41, 5.74) is 4.00. The van der Waals surface area contributed by atoms with Crippen LogP contribution in [0.15, 0.2) is 18.2 Å². The van der Waals surface area contributed by atoms with Gasteiger partial charge in [0.25, 0.3) is 0 Å². The lowest BCUT2D eigenvalue weighted by Crippen LogP contribution is -2.29. The zero-order valence-corrected chi connectivity index (χ0v) is 10.3. The van der Waals surface area contributed by atoms with Crippen molar-refractivity contribution >= 4 is 5.91 Å². The van der Waals surface area contributed by atoms with Gasteiger partial charge in [-0.15, -0.1) is 0 Å². The minimum atomic E-state index is 0.0972. The summed E-state index contributed by atoms with van der Waals surface area (Å²) in [6.45, 7) is 7.66. The molecule has 2 nitrogen and oxygen atoms in total. The maximum Gasteiger partial charge on any atom is 0.225 e. The van der Waals surface area contributed by atoms with E-state index in [4.69, 9.17) is 0 Å². The fraction of sp³-hybridized carbons (Fsp3) is 0.500. The third-order valence-corrected chi connectivity index (χ3v) is 3.21. The molecule has 0 fully saturated rings. The third kappa shape index (κ3) is 1.97. The predicted molar refractivity (Wildman–Crippen MR) is 64.9 cm³/mol. The van der Waals surface area contributed by atoms with Gasteiger partial charge in [-0.25, -0.2) is 0 Å². The van der Waals surface area contributed by atoms with E-state index in [2.05, 4.69) is 25.1 Å². The molecule has 0 saturated heterocycles. The molecule has 1 heterocycles. The van der Waals surface area contributed by atoms with Gasteiger partial charge in [0.1, 0.15) is 0 Å². The van der Waals surface area contributed by atoms with Crippen LogP contribution in [0.5, 0.6) is 0 Å². The van der Waals surface area contributed by atoms with E-state index < -0.39 is 0 Å². The fourth-order valence-corrected chi connectivity index (χ4v) is 2.19. The number of rotatable bonds is 2. The highest BCUT2D eigenvalue weighted by Gasteiger charge is 2.24. The lowest BCUT2D eigenvalue weighted by molar-refractivity contribution is -0.135. The van der Waals surface area contributed by atoms with Crippen LogP contribution in [-0.4, -0.2) is 10.8 Å². The van der Waals surface area contributed by atoms with Crippen LogP contribution in [0.1, 0.15) is 37.5 Å². The third-order valence-electron chi connectivity index (χ3n) is 3.21. The summed E-state index contributed by atoms with van der Waals surface area (Å²) < 4.78 is 0. The Hall–Kier alpha value is -1.31.